The van der Waals surface area contributed by atoms with Gasteiger partial charge in [0.25, 0.3) is 0 Å². The van der Waals surface area contributed by atoms with E-state index in [4.69, 9.17) is 18.9 Å². The summed E-state index contributed by atoms with van der Waals surface area (Å²) in [7, 11) is 1.36. The lowest BCUT2D eigenvalue weighted by Crippen LogP contribution is -2.55. The second-order valence-electron chi connectivity index (χ2n) is 9.26. The van der Waals surface area contributed by atoms with Gasteiger partial charge in [-0.2, -0.15) is 0 Å². The quantitative estimate of drug-likeness (QED) is 0.290. The second-order valence-corrected chi connectivity index (χ2v) is 9.26. The Kier molecular flexibility index (Phi) is 6.74. The van der Waals surface area contributed by atoms with E-state index in [1.54, 1.807) is 6.92 Å². The molecular weight excluding hydrogens is 496 g/mol. The molecule has 4 aliphatic heterocycles. The van der Waals surface area contributed by atoms with Crippen molar-refractivity contribution in [2.75, 3.05) is 26.4 Å². The van der Waals surface area contributed by atoms with Crippen LogP contribution in [0.1, 0.15) is 6.92 Å². The van der Waals surface area contributed by atoms with E-state index in [2.05, 4.69) is 0 Å². The zero-order valence-electron chi connectivity index (χ0n) is 20.4. The fraction of sp³-hybridized carbons (Fsp3) is 0.714. The summed E-state index contributed by atoms with van der Waals surface area (Å²) in [5.74, 6) is 0. The number of hydrogen-bond acceptors (Lipinski definition) is 10. The minimum atomic E-state index is -0.603. The normalized spacial score (nSPS) is 24.8. The summed E-state index contributed by atoms with van der Waals surface area (Å²) in [6.07, 6.45) is -0.394. The minimum absolute atomic E-state index is 0.0983. The molecule has 0 aliphatic carbocycles. The largest absolute Gasteiger partial charge is 0.371 e. The van der Waals surface area contributed by atoms with E-state index in [-0.39, 0.29) is 57.1 Å². The molecule has 0 amide bonds. The summed E-state index contributed by atoms with van der Waals surface area (Å²) in [5.41, 5.74) is -3.51. The molecule has 4 unspecified atom stereocenters. The van der Waals surface area contributed by atoms with Gasteiger partial charge in [0.2, 0.25) is 0 Å². The van der Waals surface area contributed by atoms with Crippen LogP contribution in [0.5, 0.6) is 0 Å². The lowest BCUT2D eigenvalue weighted by atomic mass is 10.4. The van der Waals surface area contributed by atoms with Crippen LogP contribution in [0, 0.1) is 0 Å². The molecule has 0 saturated carbocycles. The number of rotatable bonds is 9. The molecule has 4 fully saturated rings. The predicted molar refractivity (Wildman–Crippen MR) is 124 cm³/mol. The molecule has 16 nitrogen and oxygen atoms in total. The topological polar surface area (TPSA) is 182 Å². The van der Waals surface area contributed by atoms with Crippen molar-refractivity contribution in [1.29, 1.82) is 0 Å². The molecule has 0 radical (unpaired) electrons. The first-order valence-electron chi connectivity index (χ1n) is 12.0. The first kappa shape index (κ1) is 25.3. The molecule has 202 valence electrons. The molecule has 37 heavy (non-hydrogen) atoms. The Hall–Kier alpha value is -3.34. The lowest BCUT2D eigenvalue weighted by molar-refractivity contribution is 0.341. The maximum atomic E-state index is 12.2. The molecule has 6 heterocycles. The number of nitrogens with zero attached hydrogens (tertiary/aromatic N) is 6. The summed E-state index contributed by atoms with van der Waals surface area (Å²) >= 11 is 0. The summed E-state index contributed by atoms with van der Waals surface area (Å²) in [6, 6.07) is 0. The summed E-state index contributed by atoms with van der Waals surface area (Å²) in [4.78, 5) is 72.2. The van der Waals surface area contributed by atoms with Crippen molar-refractivity contribution in [3.8, 4) is 0 Å². The zero-order valence-corrected chi connectivity index (χ0v) is 20.4. The van der Waals surface area contributed by atoms with E-state index in [9.17, 15) is 28.8 Å². The highest BCUT2D eigenvalue weighted by Crippen LogP contribution is 2.11. The van der Waals surface area contributed by atoms with Crippen LogP contribution in [0.2, 0.25) is 0 Å². The Bertz CT molecular complexity index is 1440. The van der Waals surface area contributed by atoms with Gasteiger partial charge in [-0.05, 0) is 6.92 Å². The van der Waals surface area contributed by atoms with E-state index < -0.39 is 34.1 Å². The van der Waals surface area contributed by atoms with Crippen molar-refractivity contribution in [3.63, 3.8) is 0 Å². The Balaban J connectivity index is 0.000000152. The maximum Gasteiger partial charge on any atom is 0.336 e. The molecule has 16 heteroatoms. The van der Waals surface area contributed by atoms with Gasteiger partial charge in [0.05, 0.1) is 77.0 Å². The van der Waals surface area contributed by atoms with Crippen LogP contribution >= 0.6 is 0 Å². The maximum absolute atomic E-state index is 12.2. The van der Waals surface area contributed by atoms with Crippen LogP contribution in [0.25, 0.3) is 0 Å². The Morgan fingerprint density at radius 1 is 0.514 bits per heavy atom. The first-order valence-corrected chi connectivity index (χ1v) is 12.0. The average Bonchev–Trinajstić information content (AvgIpc) is 3.71. The molecule has 0 spiro atoms. The summed E-state index contributed by atoms with van der Waals surface area (Å²) < 4.78 is 26.3. The molecule has 0 N–H and O–H groups in total. The number of aromatic nitrogens is 6. The highest BCUT2D eigenvalue weighted by atomic mass is 16.6. The number of epoxide rings is 4. The van der Waals surface area contributed by atoms with Gasteiger partial charge >= 0.3 is 34.1 Å². The lowest BCUT2D eigenvalue weighted by Gasteiger charge is -2.11. The average molecular weight is 524 g/mol. The van der Waals surface area contributed by atoms with Gasteiger partial charge in [0.1, 0.15) is 0 Å². The highest BCUT2D eigenvalue weighted by Gasteiger charge is 2.30. The number of hydrogen-bond donors (Lipinski definition) is 0. The molecule has 4 atom stereocenters. The molecule has 4 aliphatic rings. The fourth-order valence-electron chi connectivity index (χ4n) is 3.84. The van der Waals surface area contributed by atoms with Crippen molar-refractivity contribution in [1.82, 2.24) is 27.4 Å². The Morgan fingerprint density at radius 2 is 0.757 bits per heavy atom. The SMILES string of the molecule is CCn1c(=O)n(CC2CO2)c(=O)n(CC2CO2)c1=O.Cn1c(=O)n(CC2CO2)c(=O)n(CC2CO2)c1=O. The van der Waals surface area contributed by atoms with Crippen molar-refractivity contribution < 1.29 is 18.9 Å². The Morgan fingerprint density at radius 3 is 1.00 bits per heavy atom. The summed E-state index contributed by atoms with van der Waals surface area (Å²) in [5, 5.41) is 0. The van der Waals surface area contributed by atoms with E-state index in [1.807, 2.05) is 0 Å². The molecule has 2 aromatic heterocycles. The molecule has 0 aromatic carbocycles. The van der Waals surface area contributed by atoms with Crippen molar-refractivity contribution >= 4 is 0 Å². The van der Waals surface area contributed by atoms with Gasteiger partial charge in [-0.15, -0.1) is 0 Å². The van der Waals surface area contributed by atoms with Gasteiger partial charge in [-0.1, -0.05) is 0 Å². The minimum Gasteiger partial charge on any atom is -0.371 e. The van der Waals surface area contributed by atoms with Crippen LogP contribution < -0.4 is 34.1 Å². The van der Waals surface area contributed by atoms with Gasteiger partial charge in [-0.3, -0.25) is 0 Å². The summed E-state index contributed by atoms with van der Waals surface area (Å²) in [6.45, 7) is 4.88. The van der Waals surface area contributed by atoms with Gasteiger partial charge in [0, 0.05) is 13.6 Å². The zero-order chi connectivity index (χ0) is 26.4. The van der Waals surface area contributed by atoms with Gasteiger partial charge in [-0.25, -0.2) is 56.2 Å². The highest BCUT2D eigenvalue weighted by molar-refractivity contribution is 4.85. The van der Waals surface area contributed by atoms with Crippen LogP contribution in [0.3, 0.4) is 0 Å². The molecular formula is C21H28N6O10. The van der Waals surface area contributed by atoms with Crippen LogP contribution in [0.4, 0.5) is 0 Å². The predicted octanol–water partition coefficient (Wildman–Crippen LogP) is -4.50. The standard InChI is InChI=1S/C11H15N3O5.C10H13N3O5/c1-2-12-9(15)13(3-7-5-18-7)11(17)14(10(12)16)4-8-6-19-8;1-11-8(14)12(2-6-4-17-6)10(16)13(9(11)15)3-7-5-18-7/h7-8H,2-6H2,1H3;6-7H,2-5H2,1H3. The number of ether oxygens (including phenoxy) is 4. The van der Waals surface area contributed by atoms with Gasteiger partial charge < -0.3 is 18.9 Å². The molecule has 2 aromatic rings. The Labute approximate surface area is 207 Å². The van der Waals surface area contributed by atoms with E-state index >= 15 is 0 Å². The molecule has 6 rings (SSSR count). The molecule has 0 bridgehead atoms. The third-order valence-electron chi connectivity index (χ3n) is 6.35. The van der Waals surface area contributed by atoms with Crippen molar-refractivity contribution in [3.05, 3.63) is 62.9 Å². The van der Waals surface area contributed by atoms with Crippen LogP contribution in [-0.4, -0.2) is 78.2 Å². The fourth-order valence-corrected chi connectivity index (χ4v) is 3.84. The van der Waals surface area contributed by atoms with Crippen molar-refractivity contribution in [2.24, 2.45) is 7.05 Å². The first-order chi connectivity index (χ1) is 17.7. The van der Waals surface area contributed by atoms with E-state index in [1.165, 1.54) is 7.05 Å². The van der Waals surface area contributed by atoms with E-state index in [0.29, 0.717) is 26.4 Å². The third kappa shape index (κ3) is 5.51. The third-order valence-corrected chi connectivity index (χ3v) is 6.35. The van der Waals surface area contributed by atoms with Crippen molar-refractivity contribution in [2.45, 2.75) is 64.1 Å². The van der Waals surface area contributed by atoms with Crippen LogP contribution in [-0.2, 0) is 58.7 Å². The van der Waals surface area contributed by atoms with E-state index in [0.717, 1.165) is 27.4 Å². The monoisotopic (exact) mass is 524 g/mol. The smallest absolute Gasteiger partial charge is 0.336 e. The second kappa shape index (κ2) is 9.85. The van der Waals surface area contributed by atoms with Crippen LogP contribution in [0.15, 0.2) is 28.8 Å². The molecule has 4 saturated heterocycles. The van der Waals surface area contributed by atoms with Gasteiger partial charge in [0.15, 0.2) is 0 Å².